The van der Waals surface area contributed by atoms with Gasteiger partial charge in [0.05, 0.1) is 6.54 Å². The van der Waals surface area contributed by atoms with Crippen LogP contribution in [0.1, 0.15) is 17.7 Å². The molecule has 0 saturated carbocycles. The first-order chi connectivity index (χ1) is 8.63. The first kappa shape index (κ1) is 11.4. The Balaban J connectivity index is 2.05. The summed E-state index contributed by atoms with van der Waals surface area (Å²) in [5, 5.41) is 1.07. The van der Waals surface area contributed by atoms with Crippen LogP contribution >= 0.6 is 0 Å². The van der Waals surface area contributed by atoms with E-state index in [1.807, 2.05) is 24.0 Å². The molecule has 0 N–H and O–H groups in total. The molecule has 0 amide bonds. The molecule has 1 saturated heterocycles. The topological polar surface area (TPSA) is 29.0 Å². The van der Waals surface area contributed by atoms with Crippen molar-refractivity contribution in [2.24, 2.45) is 0 Å². The van der Waals surface area contributed by atoms with E-state index in [2.05, 4.69) is 23.0 Å². The summed E-state index contributed by atoms with van der Waals surface area (Å²) in [6, 6.07) is 6.05. The van der Waals surface area contributed by atoms with Crippen molar-refractivity contribution in [1.29, 1.82) is 0 Å². The SMILES string of the molecule is Cc1cc(C)c2ccc(N3CCC(F)C3)nc2n1. The Kier molecular flexibility index (Phi) is 2.65. The zero-order valence-corrected chi connectivity index (χ0v) is 10.7. The van der Waals surface area contributed by atoms with Gasteiger partial charge in [-0.25, -0.2) is 14.4 Å². The fraction of sp³-hybridized carbons (Fsp3) is 0.429. The molecule has 1 atom stereocenters. The molecule has 94 valence electrons. The van der Waals surface area contributed by atoms with E-state index in [9.17, 15) is 4.39 Å². The van der Waals surface area contributed by atoms with Gasteiger partial charge in [-0.05, 0) is 44.0 Å². The van der Waals surface area contributed by atoms with E-state index in [-0.39, 0.29) is 0 Å². The average Bonchev–Trinajstić information content (AvgIpc) is 2.75. The lowest BCUT2D eigenvalue weighted by molar-refractivity contribution is 0.364. The highest BCUT2D eigenvalue weighted by Gasteiger charge is 2.23. The second-order valence-electron chi connectivity index (χ2n) is 4.95. The fourth-order valence-electron chi connectivity index (χ4n) is 2.52. The molecule has 18 heavy (non-hydrogen) atoms. The summed E-state index contributed by atoms with van der Waals surface area (Å²) in [6.07, 6.45) is -0.130. The fourth-order valence-corrected chi connectivity index (χ4v) is 2.52. The molecule has 1 unspecified atom stereocenters. The zero-order valence-electron chi connectivity index (χ0n) is 10.7. The molecule has 0 radical (unpaired) electrons. The third-order valence-corrected chi connectivity index (χ3v) is 3.45. The quantitative estimate of drug-likeness (QED) is 0.773. The Morgan fingerprint density at radius 1 is 1.28 bits per heavy atom. The van der Waals surface area contributed by atoms with Crippen LogP contribution in [0.2, 0.25) is 0 Å². The zero-order chi connectivity index (χ0) is 12.7. The smallest absolute Gasteiger partial charge is 0.162 e. The van der Waals surface area contributed by atoms with Crippen LogP contribution in [0.5, 0.6) is 0 Å². The summed E-state index contributed by atoms with van der Waals surface area (Å²) < 4.78 is 13.2. The monoisotopic (exact) mass is 245 g/mol. The van der Waals surface area contributed by atoms with Crippen LogP contribution in [0.15, 0.2) is 18.2 Å². The lowest BCUT2D eigenvalue weighted by Crippen LogP contribution is -2.21. The van der Waals surface area contributed by atoms with Gasteiger partial charge < -0.3 is 4.90 Å². The van der Waals surface area contributed by atoms with Crippen LogP contribution in [-0.4, -0.2) is 29.2 Å². The first-order valence-electron chi connectivity index (χ1n) is 6.27. The van der Waals surface area contributed by atoms with E-state index in [0.717, 1.165) is 29.1 Å². The predicted octanol–water partition coefficient (Wildman–Crippen LogP) is 2.79. The number of nitrogens with zero attached hydrogens (tertiary/aromatic N) is 3. The highest BCUT2D eigenvalue weighted by Crippen LogP contribution is 2.23. The standard InChI is InChI=1S/C14H16FN3/c1-9-7-10(2)16-14-12(9)3-4-13(17-14)18-6-5-11(15)8-18/h3-4,7,11H,5-6,8H2,1-2H3. The van der Waals surface area contributed by atoms with E-state index < -0.39 is 6.17 Å². The summed E-state index contributed by atoms with van der Waals surface area (Å²) in [6.45, 7) is 5.22. The molecule has 2 aromatic rings. The maximum Gasteiger partial charge on any atom is 0.162 e. The van der Waals surface area contributed by atoms with Crippen molar-refractivity contribution in [3.8, 4) is 0 Å². The minimum absolute atomic E-state index is 0.448. The van der Waals surface area contributed by atoms with Crippen LogP contribution < -0.4 is 4.90 Å². The number of halogens is 1. The van der Waals surface area contributed by atoms with Crippen molar-refractivity contribution in [2.45, 2.75) is 26.4 Å². The molecule has 0 bridgehead atoms. The van der Waals surface area contributed by atoms with Gasteiger partial charge in [-0.1, -0.05) is 0 Å². The Bertz CT molecular complexity index is 597. The van der Waals surface area contributed by atoms with E-state index in [1.54, 1.807) is 0 Å². The molecule has 3 heterocycles. The largest absolute Gasteiger partial charge is 0.354 e. The van der Waals surface area contributed by atoms with Crippen LogP contribution in [0.4, 0.5) is 10.2 Å². The van der Waals surface area contributed by atoms with Gasteiger partial charge in [0, 0.05) is 17.6 Å². The predicted molar refractivity (Wildman–Crippen MR) is 70.7 cm³/mol. The Morgan fingerprint density at radius 3 is 2.83 bits per heavy atom. The molecular formula is C14H16FN3. The molecular weight excluding hydrogens is 229 g/mol. The highest BCUT2D eigenvalue weighted by molar-refractivity contribution is 5.80. The molecule has 1 fully saturated rings. The van der Waals surface area contributed by atoms with Gasteiger partial charge in [-0.3, -0.25) is 0 Å². The summed E-state index contributed by atoms with van der Waals surface area (Å²) in [5.74, 6) is 0.833. The number of anilines is 1. The van der Waals surface area contributed by atoms with Crippen molar-refractivity contribution < 1.29 is 4.39 Å². The Hall–Kier alpha value is -1.71. The van der Waals surface area contributed by atoms with Crippen LogP contribution in [0, 0.1) is 13.8 Å². The molecule has 1 aliphatic heterocycles. The number of rotatable bonds is 1. The van der Waals surface area contributed by atoms with Gasteiger partial charge in [-0.15, -0.1) is 0 Å². The molecule has 0 spiro atoms. The molecule has 1 aliphatic rings. The molecule has 0 aromatic carbocycles. The van der Waals surface area contributed by atoms with E-state index in [4.69, 9.17) is 0 Å². The van der Waals surface area contributed by atoms with Crippen LogP contribution in [0.25, 0.3) is 11.0 Å². The van der Waals surface area contributed by atoms with Gasteiger partial charge in [-0.2, -0.15) is 0 Å². The highest BCUT2D eigenvalue weighted by atomic mass is 19.1. The van der Waals surface area contributed by atoms with E-state index in [1.165, 1.54) is 5.56 Å². The summed E-state index contributed by atoms with van der Waals surface area (Å²) in [7, 11) is 0. The van der Waals surface area contributed by atoms with Gasteiger partial charge in [0.25, 0.3) is 0 Å². The number of hydrogen-bond donors (Lipinski definition) is 0. The van der Waals surface area contributed by atoms with E-state index >= 15 is 0 Å². The number of fused-ring (bicyclic) bond motifs is 1. The summed E-state index contributed by atoms with van der Waals surface area (Å²) >= 11 is 0. The van der Waals surface area contributed by atoms with Crippen molar-refractivity contribution in [2.75, 3.05) is 18.0 Å². The van der Waals surface area contributed by atoms with Gasteiger partial charge in [0.15, 0.2) is 5.65 Å². The maximum atomic E-state index is 13.2. The summed E-state index contributed by atoms with van der Waals surface area (Å²) in [4.78, 5) is 11.0. The van der Waals surface area contributed by atoms with Crippen molar-refractivity contribution in [3.05, 3.63) is 29.5 Å². The molecule has 3 rings (SSSR count). The first-order valence-corrected chi connectivity index (χ1v) is 6.27. The number of alkyl halides is 1. The number of hydrogen-bond acceptors (Lipinski definition) is 3. The van der Waals surface area contributed by atoms with Crippen molar-refractivity contribution >= 4 is 16.9 Å². The molecule has 4 heteroatoms. The second kappa shape index (κ2) is 4.19. The number of aryl methyl sites for hydroxylation is 2. The third kappa shape index (κ3) is 1.92. The Morgan fingerprint density at radius 2 is 2.11 bits per heavy atom. The second-order valence-corrected chi connectivity index (χ2v) is 4.95. The third-order valence-electron chi connectivity index (χ3n) is 3.45. The van der Waals surface area contributed by atoms with Gasteiger partial charge in [0.1, 0.15) is 12.0 Å². The van der Waals surface area contributed by atoms with Gasteiger partial charge in [0.2, 0.25) is 0 Å². The normalized spacial score (nSPS) is 19.7. The lowest BCUT2D eigenvalue weighted by atomic mass is 10.1. The summed E-state index contributed by atoms with van der Waals surface area (Å²) in [5.41, 5.74) is 2.91. The number of aromatic nitrogens is 2. The molecule has 2 aromatic heterocycles. The Labute approximate surface area is 106 Å². The van der Waals surface area contributed by atoms with Crippen LogP contribution in [0.3, 0.4) is 0 Å². The maximum absolute atomic E-state index is 13.2. The average molecular weight is 245 g/mol. The van der Waals surface area contributed by atoms with Crippen molar-refractivity contribution in [3.63, 3.8) is 0 Å². The minimum atomic E-state index is -0.727. The van der Waals surface area contributed by atoms with Gasteiger partial charge >= 0.3 is 0 Å². The van der Waals surface area contributed by atoms with Crippen molar-refractivity contribution in [1.82, 2.24) is 9.97 Å². The minimum Gasteiger partial charge on any atom is -0.354 e. The van der Waals surface area contributed by atoms with Crippen LogP contribution in [-0.2, 0) is 0 Å². The lowest BCUT2D eigenvalue weighted by Gasteiger charge is -2.16. The molecule has 0 aliphatic carbocycles. The number of pyridine rings is 2. The van der Waals surface area contributed by atoms with E-state index in [0.29, 0.717) is 13.0 Å². The molecule has 3 nitrogen and oxygen atoms in total.